The zero-order chi connectivity index (χ0) is 19.7. The van der Waals surface area contributed by atoms with Crippen molar-refractivity contribution in [2.75, 3.05) is 6.61 Å². The average Bonchev–Trinajstić information content (AvgIpc) is 3.09. The van der Waals surface area contributed by atoms with Crippen LogP contribution >= 0.6 is 0 Å². The first-order valence-corrected chi connectivity index (χ1v) is 10.5. The maximum Gasteiger partial charge on any atom is 0.241 e. The van der Waals surface area contributed by atoms with Gasteiger partial charge in [-0.2, -0.15) is 0 Å². The third-order valence-electron chi connectivity index (χ3n) is 4.54. The lowest BCUT2D eigenvalue weighted by Gasteiger charge is -2.12. The molecule has 4 aromatic rings. The third-order valence-corrected chi connectivity index (χ3v) is 6.00. The van der Waals surface area contributed by atoms with Crippen LogP contribution in [0.1, 0.15) is 18.2 Å². The second-order valence-corrected chi connectivity index (χ2v) is 8.30. The van der Waals surface area contributed by atoms with Crippen molar-refractivity contribution in [1.29, 1.82) is 0 Å². The van der Waals surface area contributed by atoms with E-state index in [1.54, 1.807) is 18.2 Å². The van der Waals surface area contributed by atoms with Gasteiger partial charge in [-0.3, -0.25) is 0 Å². The van der Waals surface area contributed by atoms with Crippen LogP contribution in [0.25, 0.3) is 16.4 Å². The summed E-state index contributed by atoms with van der Waals surface area (Å²) in [5.41, 5.74) is 2.55. The van der Waals surface area contributed by atoms with Gasteiger partial charge < -0.3 is 9.14 Å². The Morgan fingerprint density at radius 3 is 2.68 bits per heavy atom. The van der Waals surface area contributed by atoms with Crippen molar-refractivity contribution in [2.45, 2.75) is 25.3 Å². The minimum atomic E-state index is -3.72. The fourth-order valence-electron chi connectivity index (χ4n) is 3.23. The summed E-state index contributed by atoms with van der Waals surface area (Å²) in [6, 6.07) is 14.6. The molecule has 0 saturated carbocycles. The molecule has 0 spiro atoms. The summed E-state index contributed by atoms with van der Waals surface area (Å²) >= 11 is 0. The summed E-state index contributed by atoms with van der Waals surface area (Å²) in [6.07, 6.45) is 3.74. The second kappa shape index (κ2) is 7.26. The molecule has 0 bridgehead atoms. The van der Waals surface area contributed by atoms with Gasteiger partial charge in [0.15, 0.2) is 0 Å². The minimum Gasteiger partial charge on any atom is -0.493 e. The van der Waals surface area contributed by atoms with E-state index in [1.165, 1.54) is 0 Å². The lowest BCUT2D eigenvalue weighted by Crippen LogP contribution is -2.23. The van der Waals surface area contributed by atoms with Gasteiger partial charge in [-0.15, -0.1) is 0 Å². The number of fused-ring (bicyclic) bond motifs is 2. The van der Waals surface area contributed by atoms with E-state index in [0.717, 1.165) is 16.6 Å². The van der Waals surface area contributed by atoms with Gasteiger partial charge in [0.1, 0.15) is 11.4 Å². The number of pyridine rings is 1. The van der Waals surface area contributed by atoms with Gasteiger partial charge in [0.2, 0.25) is 10.0 Å². The maximum absolute atomic E-state index is 13.0. The quantitative estimate of drug-likeness (QED) is 0.541. The predicted molar refractivity (Wildman–Crippen MR) is 109 cm³/mol. The van der Waals surface area contributed by atoms with Crippen LogP contribution < -0.4 is 9.46 Å². The molecule has 0 fully saturated rings. The number of hydrogen-bond acceptors (Lipinski definition) is 4. The first-order chi connectivity index (χ1) is 13.5. The van der Waals surface area contributed by atoms with E-state index in [4.69, 9.17) is 4.74 Å². The Bertz CT molecular complexity index is 1260. The van der Waals surface area contributed by atoms with E-state index in [1.807, 2.05) is 61.0 Å². The van der Waals surface area contributed by atoms with Gasteiger partial charge >= 0.3 is 0 Å². The molecule has 0 saturated heterocycles. The molecular weight excluding hydrogens is 374 g/mol. The van der Waals surface area contributed by atoms with Crippen molar-refractivity contribution in [3.63, 3.8) is 0 Å². The molecule has 4 rings (SSSR count). The van der Waals surface area contributed by atoms with Gasteiger partial charge in [-0.05, 0) is 43.7 Å². The summed E-state index contributed by atoms with van der Waals surface area (Å²) in [5, 5.41) is 1.40. The van der Waals surface area contributed by atoms with Crippen LogP contribution in [0.15, 0.2) is 65.8 Å². The minimum absolute atomic E-state index is 0.116. The van der Waals surface area contributed by atoms with Crippen LogP contribution in [0.3, 0.4) is 0 Å². The Morgan fingerprint density at radius 1 is 1.11 bits per heavy atom. The molecule has 28 heavy (non-hydrogen) atoms. The molecular formula is C21H21N3O3S. The molecule has 2 aromatic heterocycles. The smallest absolute Gasteiger partial charge is 0.241 e. The van der Waals surface area contributed by atoms with E-state index in [-0.39, 0.29) is 11.4 Å². The number of ether oxygens (including phenoxy) is 1. The normalized spacial score (nSPS) is 11.9. The van der Waals surface area contributed by atoms with Crippen LogP contribution in [0.2, 0.25) is 0 Å². The summed E-state index contributed by atoms with van der Waals surface area (Å²) in [5.74, 6) is 0.674. The number of hydrogen-bond donors (Lipinski definition) is 1. The van der Waals surface area contributed by atoms with Gasteiger partial charge in [0, 0.05) is 23.2 Å². The van der Waals surface area contributed by atoms with Gasteiger partial charge in [0.25, 0.3) is 0 Å². The lowest BCUT2D eigenvalue weighted by atomic mass is 10.1. The molecule has 144 valence electrons. The second-order valence-electron chi connectivity index (χ2n) is 6.57. The highest BCUT2D eigenvalue weighted by Crippen LogP contribution is 2.31. The van der Waals surface area contributed by atoms with Crippen molar-refractivity contribution >= 4 is 26.4 Å². The molecule has 2 heterocycles. The van der Waals surface area contributed by atoms with E-state index >= 15 is 0 Å². The largest absolute Gasteiger partial charge is 0.493 e. The van der Waals surface area contributed by atoms with Gasteiger partial charge in [-0.25, -0.2) is 18.1 Å². The number of imidazole rings is 1. The van der Waals surface area contributed by atoms with Crippen LogP contribution in [0.4, 0.5) is 0 Å². The van der Waals surface area contributed by atoms with E-state index < -0.39 is 10.0 Å². The predicted octanol–water partition coefficient (Wildman–Crippen LogP) is 3.67. The molecule has 0 amide bonds. The van der Waals surface area contributed by atoms with Crippen LogP contribution in [-0.2, 0) is 16.6 Å². The number of nitrogens with zero attached hydrogens (tertiary/aromatic N) is 2. The van der Waals surface area contributed by atoms with Crippen LogP contribution in [0, 0.1) is 6.92 Å². The molecule has 0 atom stereocenters. The summed E-state index contributed by atoms with van der Waals surface area (Å²) in [4.78, 5) is 4.72. The fraction of sp³-hybridized carbons (Fsp3) is 0.190. The Balaban J connectivity index is 1.65. The molecule has 0 radical (unpaired) electrons. The third kappa shape index (κ3) is 3.46. The highest BCUT2D eigenvalue weighted by Gasteiger charge is 2.19. The Morgan fingerprint density at radius 2 is 1.89 bits per heavy atom. The van der Waals surface area contributed by atoms with Crippen LogP contribution in [0.5, 0.6) is 5.75 Å². The maximum atomic E-state index is 13.0. The van der Waals surface area contributed by atoms with Gasteiger partial charge in [-0.1, -0.05) is 24.3 Å². The molecule has 6 nitrogen and oxygen atoms in total. The van der Waals surface area contributed by atoms with E-state index in [9.17, 15) is 8.42 Å². The molecule has 0 aliphatic rings. The number of aromatic nitrogens is 2. The molecule has 0 aliphatic heterocycles. The monoisotopic (exact) mass is 395 g/mol. The fourth-order valence-corrected chi connectivity index (χ4v) is 4.44. The van der Waals surface area contributed by atoms with E-state index in [0.29, 0.717) is 23.4 Å². The first-order valence-electron chi connectivity index (χ1n) is 9.06. The van der Waals surface area contributed by atoms with Crippen LogP contribution in [-0.4, -0.2) is 24.4 Å². The number of rotatable bonds is 6. The number of benzene rings is 2. The van der Waals surface area contributed by atoms with Crippen molar-refractivity contribution in [3.8, 4) is 5.75 Å². The van der Waals surface area contributed by atoms with Crippen molar-refractivity contribution in [1.82, 2.24) is 14.1 Å². The molecule has 0 aliphatic carbocycles. The summed E-state index contributed by atoms with van der Waals surface area (Å²) < 4.78 is 36.1. The highest BCUT2D eigenvalue weighted by atomic mass is 32.2. The lowest BCUT2D eigenvalue weighted by molar-refractivity contribution is 0.344. The van der Waals surface area contributed by atoms with Crippen molar-refractivity contribution in [2.24, 2.45) is 0 Å². The topological polar surface area (TPSA) is 72.7 Å². The first kappa shape index (κ1) is 18.5. The molecule has 1 N–H and O–H groups in total. The molecule has 0 unspecified atom stereocenters. The van der Waals surface area contributed by atoms with Crippen molar-refractivity contribution < 1.29 is 13.2 Å². The molecule has 2 aromatic carbocycles. The standard InChI is InChI=1S/C21H21N3O3S/c1-3-27-19-8-9-20(18-7-5-4-6-17(18)19)28(25,26)22-13-16-14-24-11-10-15(2)12-21(24)23-16/h4-12,14,22H,3,13H2,1-2H3. The number of aryl methyl sites for hydroxylation is 1. The summed E-state index contributed by atoms with van der Waals surface area (Å²) in [6.45, 7) is 4.53. The summed E-state index contributed by atoms with van der Waals surface area (Å²) in [7, 11) is -3.72. The average molecular weight is 395 g/mol. The van der Waals surface area contributed by atoms with Crippen molar-refractivity contribution in [3.05, 3.63) is 72.2 Å². The number of nitrogens with one attached hydrogen (secondary N) is 1. The SMILES string of the molecule is CCOc1ccc(S(=O)(=O)NCc2cn3ccc(C)cc3n2)c2ccccc12. The Hall–Kier alpha value is -2.90. The number of sulfonamides is 1. The van der Waals surface area contributed by atoms with E-state index in [2.05, 4.69) is 9.71 Å². The zero-order valence-corrected chi connectivity index (χ0v) is 16.5. The molecule has 7 heteroatoms. The highest BCUT2D eigenvalue weighted by molar-refractivity contribution is 7.89. The zero-order valence-electron chi connectivity index (χ0n) is 15.7. The Labute approximate surface area is 163 Å². The Kier molecular flexibility index (Phi) is 4.78. The van der Waals surface area contributed by atoms with Gasteiger partial charge in [0.05, 0.1) is 23.7 Å².